The van der Waals surface area contributed by atoms with Gasteiger partial charge >= 0.3 is 5.97 Å². The van der Waals surface area contributed by atoms with E-state index in [1.54, 1.807) is 11.5 Å². The number of nitrogens with zero attached hydrogens (tertiary/aromatic N) is 3. The first-order chi connectivity index (χ1) is 19.6. The number of ether oxygens (including phenoxy) is 4. The summed E-state index contributed by atoms with van der Waals surface area (Å²) >= 11 is 1.33. The zero-order valence-electron chi connectivity index (χ0n) is 22.6. The molecule has 4 heterocycles. The summed E-state index contributed by atoms with van der Waals surface area (Å²) in [6, 6.07) is 13.0. The van der Waals surface area contributed by atoms with Gasteiger partial charge in [0, 0.05) is 18.8 Å². The summed E-state index contributed by atoms with van der Waals surface area (Å²) in [7, 11) is 0. The Hall–Kier alpha value is -3.89. The van der Waals surface area contributed by atoms with E-state index in [0.717, 1.165) is 49.5 Å². The Morgan fingerprint density at radius 1 is 1.10 bits per heavy atom. The second-order valence-corrected chi connectivity index (χ2v) is 10.7. The van der Waals surface area contributed by atoms with E-state index in [2.05, 4.69) is 17.0 Å². The van der Waals surface area contributed by atoms with Gasteiger partial charge in [-0.05, 0) is 54.8 Å². The van der Waals surface area contributed by atoms with Crippen LogP contribution in [0.5, 0.6) is 11.5 Å². The van der Waals surface area contributed by atoms with Gasteiger partial charge in [0.1, 0.15) is 0 Å². The van der Waals surface area contributed by atoms with Crippen LogP contribution >= 0.6 is 11.3 Å². The normalized spacial score (nSPS) is 18.5. The summed E-state index contributed by atoms with van der Waals surface area (Å²) in [6.07, 6.45) is 3.26. The molecule has 2 aromatic carbocycles. The fraction of sp³-hybridized carbons (Fsp3) is 0.367. The van der Waals surface area contributed by atoms with Gasteiger partial charge in [0.15, 0.2) is 16.3 Å². The number of allylic oxidation sites excluding steroid dienone is 1. The van der Waals surface area contributed by atoms with Crippen molar-refractivity contribution in [2.75, 3.05) is 44.6 Å². The molecular weight excluding hydrogens is 530 g/mol. The largest absolute Gasteiger partial charge is 0.463 e. The maximum Gasteiger partial charge on any atom is 0.338 e. The van der Waals surface area contributed by atoms with Crippen LogP contribution in [0.15, 0.2) is 63.5 Å². The first kappa shape index (κ1) is 26.3. The van der Waals surface area contributed by atoms with Crippen LogP contribution in [0, 0.1) is 0 Å². The molecule has 0 spiro atoms. The summed E-state index contributed by atoms with van der Waals surface area (Å²) in [5.41, 5.74) is 3.61. The molecule has 1 atom stereocenters. The molecule has 40 heavy (non-hydrogen) atoms. The number of hydrogen-bond donors (Lipinski definition) is 0. The van der Waals surface area contributed by atoms with Crippen LogP contribution in [-0.4, -0.2) is 50.2 Å². The van der Waals surface area contributed by atoms with Crippen molar-refractivity contribution in [3.8, 4) is 11.5 Å². The highest BCUT2D eigenvalue weighted by molar-refractivity contribution is 7.07. The van der Waals surface area contributed by atoms with Crippen LogP contribution in [0.2, 0.25) is 0 Å². The third-order valence-electron chi connectivity index (χ3n) is 7.17. The number of benzene rings is 2. The van der Waals surface area contributed by atoms with Gasteiger partial charge in [0.25, 0.3) is 5.56 Å². The molecule has 0 amide bonds. The van der Waals surface area contributed by atoms with Gasteiger partial charge in [-0.1, -0.05) is 42.9 Å². The molecule has 3 aromatic rings. The van der Waals surface area contributed by atoms with Crippen LogP contribution < -0.4 is 29.3 Å². The van der Waals surface area contributed by atoms with Gasteiger partial charge in [-0.3, -0.25) is 9.36 Å². The maximum atomic E-state index is 14.0. The Morgan fingerprint density at radius 2 is 1.88 bits per heavy atom. The van der Waals surface area contributed by atoms with Gasteiger partial charge in [-0.25, -0.2) is 9.79 Å². The Kier molecular flexibility index (Phi) is 7.44. The molecule has 0 radical (unpaired) electrons. The van der Waals surface area contributed by atoms with Gasteiger partial charge in [0.05, 0.1) is 41.7 Å². The van der Waals surface area contributed by atoms with E-state index in [1.165, 1.54) is 11.3 Å². The fourth-order valence-corrected chi connectivity index (χ4v) is 6.29. The van der Waals surface area contributed by atoms with Gasteiger partial charge in [-0.2, -0.15) is 0 Å². The lowest BCUT2D eigenvalue weighted by Gasteiger charge is -2.28. The van der Waals surface area contributed by atoms with Crippen molar-refractivity contribution in [2.24, 2.45) is 4.99 Å². The molecule has 1 fully saturated rings. The number of anilines is 1. The second kappa shape index (κ2) is 11.3. The van der Waals surface area contributed by atoms with E-state index < -0.39 is 12.0 Å². The molecule has 0 aliphatic carbocycles. The van der Waals surface area contributed by atoms with Crippen molar-refractivity contribution in [2.45, 2.75) is 32.7 Å². The van der Waals surface area contributed by atoms with Gasteiger partial charge < -0.3 is 23.8 Å². The standard InChI is InChI=1S/C30H31N3O6S/c1-3-5-22-26(29(35)37-4-2)27(20-8-11-23-24(17-20)39-18-38-23)33-28(34)25(40-30(33)31-22)16-19-6-9-21(10-7-19)32-12-14-36-15-13-32/h6-11,16-17,27H,3-5,12-15,18H2,1-2H3/b25-16+/t27-/m0/s1. The summed E-state index contributed by atoms with van der Waals surface area (Å²) < 4.78 is 24.2. The number of thiazole rings is 1. The summed E-state index contributed by atoms with van der Waals surface area (Å²) in [4.78, 5) is 35.0. The number of hydrogen-bond acceptors (Lipinski definition) is 9. The number of aromatic nitrogens is 1. The van der Waals surface area contributed by atoms with E-state index in [9.17, 15) is 9.59 Å². The quantitative estimate of drug-likeness (QED) is 0.410. The third kappa shape index (κ3) is 4.93. The topological polar surface area (TPSA) is 91.6 Å². The van der Waals surface area contributed by atoms with Crippen molar-refractivity contribution in [1.82, 2.24) is 4.57 Å². The van der Waals surface area contributed by atoms with Gasteiger partial charge in [-0.15, -0.1) is 0 Å². The van der Waals surface area contributed by atoms with Gasteiger partial charge in [0.2, 0.25) is 6.79 Å². The lowest BCUT2D eigenvalue weighted by molar-refractivity contribution is -0.139. The highest BCUT2D eigenvalue weighted by Gasteiger charge is 2.35. The monoisotopic (exact) mass is 561 g/mol. The van der Waals surface area contributed by atoms with Crippen molar-refractivity contribution in [3.63, 3.8) is 0 Å². The number of rotatable bonds is 7. The highest BCUT2D eigenvalue weighted by Crippen LogP contribution is 2.38. The molecule has 208 valence electrons. The molecule has 9 nitrogen and oxygen atoms in total. The van der Waals surface area contributed by atoms with Crippen LogP contribution in [0.4, 0.5) is 5.69 Å². The molecule has 1 saturated heterocycles. The zero-order chi connectivity index (χ0) is 27.6. The first-order valence-electron chi connectivity index (χ1n) is 13.6. The maximum absolute atomic E-state index is 14.0. The number of carbonyl (C=O) groups is 1. The summed E-state index contributed by atoms with van der Waals surface area (Å²) in [5, 5.41) is 0. The molecular formula is C30H31N3O6S. The molecule has 3 aliphatic heterocycles. The van der Waals surface area contributed by atoms with Crippen LogP contribution in [0.25, 0.3) is 6.08 Å². The average molecular weight is 562 g/mol. The highest BCUT2D eigenvalue weighted by atomic mass is 32.1. The fourth-order valence-electron chi connectivity index (χ4n) is 5.27. The number of carbonyl (C=O) groups excluding carboxylic acids is 1. The Morgan fingerprint density at radius 3 is 2.62 bits per heavy atom. The predicted octanol–water partition coefficient (Wildman–Crippen LogP) is 3.14. The minimum absolute atomic E-state index is 0.132. The molecule has 0 N–H and O–H groups in total. The SMILES string of the molecule is CCCC1=C(C(=O)OCC)[C@H](c2ccc3c(c2)OCO3)n2c(s/c(=C/c3ccc(N4CCOCC4)cc3)c2=O)=N1. The van der Waals surface area contributed by atoms with Crippen LogP contribution in [0.3, 0.4) is 0 Å². The van der Waals surface area contributed by atoms with E-state index >= 15 is 0 Å². The predicted molar refractivity (Wildman–Crippen MR) is 152 cm³/mol. The summed E-state index contributed by atoms with van der Waals surface area (Å²) in [6.45, 7) is 7.34. The molecule has 10 heteroatoms. The Balaban J connectivity index is 1.46. The van der Waals surface area contributed by atoms with Crippen LogP contribution in [-0.2, 0) is 14.3 Å². The number of fused-ring (bicyclic) bond motifs is 2. The van der Waals surface area contributed by atoms with E-state index in [4.69, 9.17) is 23.9 Å². The second-order valence-electron chi connectivity index (χ2n) is 9.72. The molecule has 0 unspecified atom stereocenters. The molecule has 6 rings (SSSR count). The molecule has 0 bridgehead atoms. The molecule has 0 saturated carbocycles. The smallest absolute Gasteiger partial charge is 0.338 e. The molecule has 1 aromatic heterocycles. The van der Waals surface area contributed by atoms with Crippen LogP contribution in [0.1, 0.15) is 43.9 Å². The van der Waals surface area contributed by atoms with Crippen molar-refractivity contribution in [3.05, 3.63) is 84.5 Å². The van der Waals surface area contributed by atoms with E-state index in [-0.39, 0.29) is 19.0 Å². The lowest BCUT2D eigenvalue weighted by atomic mass is 9.94. The van der Waals surface area contributed by atoms with E-state index in [0.29, 0.717) is 38.5 Å². The van der Waals surface area contributed by atoms with Crippen molar-refractivity contribution >= 4 is 29.1 Å². The minimum atomic E-state index is -0.697. The Labute approximate surface area is 235 Å². The first-order valence-corrected chi connectivity index (χ1v) is 14.4. The lowest BCUT2D eigenvalue weighted by Crippen LogP contribution is -2.40. The van der Waals surface area contributed by atoms with Crippen molar-refractivity contribution in [1.29, 1.82) is 0 Å². The molecule has 3 aliphatic rings. The average Bonchev–Trinajstić information content (AvgIpc) is 3.57. The van der Waals surface area contributed by atoms with E-state index in [1.807, 2.05) is 43.3 Å². The summed E-state index contributed by atoms with van der Waals surface area (Å²) in [5.74, 6) is 0.745. The minimum Gasteiger partial charge on any atom is -0.463 e. The number of morpholine rings is 1. The third-order valence-corrected chi connectivity index (χ3v) is 8.15. The Bertz CT molecular complexity index is 1630. The number of esters is 1. The van der Waals surface area contributed by atoms with Crippen molar-refractivity contribution < 1.29 is 23.7 Å². The zero-order valence-corrected chi connectivity index (χ0v) is 23.4.